The Morgan fingerprint density at radius 3 is 2.64 bits per heavy atom. The maximum Gasteiger partial charge on any atom is 0.410 e. The van der Waals surface area contributed by atoms with Crippen molar-refractivity contribution in [3.05, 3.63) is 53.9 Å². The summed E-state index contributed by atoms with van der Waals surface area (Å²) in [5.41, 5.74) is 2.57. The van der Waals surface area contributed by atoms with Gasteiger partial charge in [-0.2, -0.15) is 5.10 Å². The first-order valence-electron chi connectivity index (χ1n) is 9.04. The molecule has 0 spiro atoms. The van der Waals surface area contributed by atoms with E-state index in [-0.39, 0.29) is 25.5 Å². The van der Waals surface area contributed by atoms with Crippen molar-refractivity contribution in [3.63, 3.8) is 0 Å². The lowest BCUT2D eigenvalue weighted by Crippen LogP contribution is -2.37. The average molecular weight is 385 g/mol. The van der Waals surface area contributed by atoms with E-state index in [1.165, 1.54) is 6.08 Å². The minimum absolute atomic E-state index is 0.137. The fraction of sp³-hybridized carbons (Fsp3) is 0.350. The zero-order valence-electron chi connectivity index (χ0n) is 16.0. The topological polar surface area (TPSA) is 82.9 Å². The van der Waals surface area contributed by atoms with Crippen molar-refractivity contribution in [1.29, 1.82) is 0 Å². The summed E-state index contributed by atoms with van der Waals surface area (Å²) >= 11 is 0. The molecule has 0 atom stereocenters. The molecule has 1 amide bonds. The number of rotatable bonds is 6. The lowest BCUT2D eigenvalue weighted by atomic mass is 10.1. The lowest BCUT2D eigenvalue weighted by molar-refractivity contribution is 0.0514. The summed E-state index contributed by atoms with van der Waals surface area (Å²) in [6.45, 7) is 6.36. The fourth-order valence-corrected chi connectivity index (χ4v) is 3.10. The van der Waals surface area contributed by atoms with E-state index >= 15 is 0 Å². The molecule has 0 fully saturated rings. The van der Waals surface area contributed by atoms with Crippen LogP contribution < -0.4 is 4.74 Å². The van der Waals surface area contributed by atoms with Crippen LogP contribution in [0.15, 0.2) is 36.9 Å². The summed E-state index contributed by atoms with van der Waals surface area (Å²) in [6.07, 6.45) is 1.60. The third-order valence-corrected chi connectivity index (χ3v) is 4.43. The van der Waals surface area contributed by atoms with Gasteiger partial charge in [-0.15, -0.1) is 0 Å². The van der Waals surface area contributed by atoms with Gasteiger partial charge in [-0.3, -0.25) is 0 Å². The number of carbonyl (C=O) groups is 2. The fourth-order valence-electron chi connectivity index (χ4n) is 3.10. The van der Waals surface area contributed by atoms with Gasteiger partial charge in [0.2, 0.25) is 0 Å². The van der Waals surface area contributed by atoms with E-state index in [2.05, 4.69) is 11.7 Å². The number of carbonyl (C=O) groups excluding carboxylic acids is 2. The van der Waals surface area contributed by atoms with Crippen LogP contribution in [0, 0.1) is 0 Å². The molecule has 0 N–H and O–H groups in total. The molecular weight excluding hydrogens is 362 g/mol. The zero-order valence-corrected chi connectivity index (χ0v) is 16.0. The van der Waals surface area contributed by atoms with Gasteiger partial charge >= 0.3 is 12.1 Å². The number of nitrogens with zero attached hydrogens (tertiary/aromatic N) is 3. The van der Waals surface area contributed by atoms with Crippen LogP contribution in [-0.2, 0) is 22.4 Å². The molecule has 148 valence electrons. The molecule has 1 aliphatic heterocycles. The van der Waals surface area contributed by atoms with Crippen molar-refractivity contribution in [2.75, 3.05) is 26.9 Å². The molecule has 2 aromatic rings. The van der Waals surface area contributed by atoms with Gasteiger partial charge in [0.1, 0.15) is 12.4 Å². The van der Waals surface area contributed by atoms with Crippen LogP contribution in [0.3, 0.4) is 0 Å². The molecule has 28 heavy (non-hydrogen) atoms. The first-order valence-corrected chi connectivity index (χ1v) is 9.04. The second-order valence-electron chi connectivity index (χ2n) is 6.14. The molecule has 8 nitrogen and oxygen atoms in total. The standard InChI is InChI=1S/C20H23N3O5/c1-4-12-28-20(25)22-11-10-17-16(13-22)18(19(24)27-5-2)21-23(17)14-6-8-15(26-3)9-7-14/h4,6-9H,1,5,10-13H2,2-3H3. The van der Waals surface area contributed by atoms with Crippen molar-refractivity contribution in [1.82, 2.24) is 14.7 Å². The largest absolute Gasteiger partial charge is 0.497 e. The summed E-state index contributed by atoms with van der Waals surface area (Å²) in [6, 6.07) is 7.39. The number of fused-ring (bicyclic) bond motifs is 1. The van der Waals surface area contributed by atoms with Gasteiger partial charge in [0.25, 0.3) is 0 Å². The Morgan fingerprint density at radius 1 is 1.25 bits per heavy atom. The van der Waals surface area contributed by atoms with E-state index in [9.17, 15) is 9.59 Å². The number of hydrogen-bond acceptors (Lipinski definition) is 6. The van der Waals surface area contributed by atoms with Gasteiger partial charge in [0, 0.05) is 18.5 Å². The predicted molar refractivity (Wildman–Crippen MR) is 102 cm³/mol. The highest BCUT2D eigenvalue weighted by Gasteiger charge is 2.31. The highest BCUT2D eigenvalue weighted by atomic mass is 16.6. The monoisotopic (exact) mass is 385 g/mol. The van der Waals surface area contributed by atoms with Crippen LogP contribution in [0.25, 0.3) is 5.69 Å². The highest BCUT2D eigenvalue weighted by molar-refractivity contribution is 5.89. The van der Waals surface area contributed by atoms with Crippen molar-refractivity contribution in [2.45, 2.75) is 19.9 Å². The quantitative estimate of drug-likeness (QED) is 0.562. The molecule has 3 rings (SSSR count). The molecule has 2 heterocycles. The van der Waals surface area contributed by atoms with Crippen LogP contribution in [0.1, 0.15) is 28.7 Å². The Morgan fingerprint density at radius 2 is 2.00 bits per heavy atom. The van der Waals surface area contributed by atoms with Gasteiger partial charge in [0.15, 0.2) is 5.69 Å². The molecular formula is C20H23N3O5. The van der Waals surface area contributed by atoms with Crippen LogP contribution in [-0.4, -0.2) is 53.6 Å². The molecule has 1 aliphatic rings. The summed E-state index contributed by atoms with van der Waals surface area (Å²) in [5.74, 6) is 0.221. The Kier molecular flexibility index (Phi) is 5.98. The number of methoxy groups -OCH3 is 1. The summed E-state index contributed by atoms with van der Waals surface area (Å²) < 4.78 is 17.2. The number of aromatic nitrogens is 2. The van der Waals surface area contributed by atoms with Crippen molar-refractivity contribution >= 4 is 12.1 Å². The van der Waals surface area contributed by atoms with Crippen LogP contribution in [0.5, 0.6) is 5.75 Å². The molecule has 0 bridgehead atoms. The average Bonchev–Trinajstić information content (AvgIpc) is 3.11. The van der Waals surface area contributed by atoms with Crippen LogP contribution in [0.2, 0.25) is 0 Å². The van der Waals surface area contributed by atoms with E-state index in [1.54, 1.807) is 23.6 Å². The van der Waals surface area contributed by atoms with E-state index in [0.717, 1.165) is 17.1 Å². The van der Waals surface area contributed by atoms with E-state index < -0.39 is 12.1 Å². The number of esters is 1. The summed E-state index contributed by atoms with van der Waals surface area (Å²) in [4.78, 5) is 26.2. The van der Waals surface area contributed by atoms with Crippen molar-refractivity contribution in [2.24, 2.45) is 0 Å². The van der Waals surface area contributed by atoms with Crippen LogP contribution >= 0.6 is 0 Å². The molecule has 0 aliphatic carbocycles. The Bertz CT molecular complexity index is 873. The maximum atomic E-state index is 12.4. The van der Waals surface area contributed by atoms with E-state index in [1.807, 2.05) is 24.3 Å². The number of amides is 1. The SMILES string of the molecule is C=CCOC(=O)N1CCc2c(c(C(=O)OCC)nn2-c2ccc(OC)cc2)C1. The molecule has 1 aromatic heterocycles. The van der Waals surface area contributed by atoms with Crippen molar-refractivity contribution in [3.8, 4) is 11.4 Å². The second kappa shape index (κ2) is 8.60. The molecule has 0 saturated heterocycles. The van der Waals surface area contributed by atoms with Gasteiger partial charge < -0.3 is 19.1 Å². The highest BCUT2D eigenvalue weighted by Crippen LogP contribution is 2.27. The number of benzene rings is 1. The Labute approximate surface area is 163 Å². The Balaban J connectivity index is 1.97. The van der Waals surface area contributed by atoms with E-state index in [4.69, 9.17) is 14.2 Å². The molecule has 0 radical (unpaired) electrons. The molecule has 0 unspecified atom stereocenters. The normalized spacial score (nSPS) is 12.9. The third-order valence-electron chi connectivity index (χ3n) is 4.43. The first kappa shape index (κ1) is 19.5. The molecule has 1 aromatic carbocycles. The van der Waals surface area contributed by atoms with E-state index in [0.29, 0.717) is 18.5 Å². The minimum atomic E-state index is -0.507. The van der Waals surface area contributed by atoms with Crippen molar-refractivity contribution < 1.29 is 23.8 Å². The smallest absolute Gasteiger partial charge is 0.410 e. The predicted octanol–water partition coefficient (Wildman–Crippen LogP) is 2.74. The lowest BCUT2D eigenvalue weighted by Gasteiger charge is -2.26. The van der Waals surface area contributed by atoms with Gasteiger partial charge in [-0.25, -0.2) is 14.3 Å². The molecule has 8 heteroatoms. The first-order chi connectivity index (χ1) is 13.6. The second-order valence-corrected chi connectivity index (χ2v) is 6.14. The summed E-state index contributed by atoms with van der Waals surface area (Å²) in [5, 5.41) is 4.50. The van der Waals surface area contributed by atoms with Gasteiger partial charge in [0.05, 0.1) is 31.6 Å². The number of hydrogen-bond donors (Lipinski definition) is 0. The van der Waals surface area contributed by atoms with Crippen LogP contribution in [0.4, 0.5) is 4.79 Å². The minimum Gasteiger partial charge on any atom is -0.497 e. The van der Waals surface area contributed by atoms with Gasteiger partial charge in [-0.1, -0.05) is 12.7 Å². The Hall–Kier alpha value is -3.29. The number of ether oxygens (including phenoxy) is 3. The maximum absolute atomic E-state index is 12.4. The molecule has 0 saturated carbocycles. The third kappa shape index (κ3) is 3.85. The van der Waals surface area contributed by atoms with Gasteiger partial charge in [-0.05, 0) is 31.2 Å². The zero-order chi connectivity index (χ0) is 20.1. The summed E-state index contributed by atoms with van der Waals surface area (Å²) in [7, 11) is 1.60.